The summed E-state index contributed by atoms with van der Waals surface area (Å²) in [6.45, 7) is 0. The van der Waals surface area contributed by atoms with Crippen molar-refractivity contribution >= 4 is 19.2 Å². The second-order valence-electron chi connectivity index (χ2n) is 0.730. The van der Waals surface area contributed by atoms with Crippen LogP contribution in [0.2, 0.25) is 0 Å². The molecule has 0 aliphatic carbocycles. The summed E-state index contributed by atoms with van der Waals surface area (Å²) in [5, 5.41) is 0. The predicted octanol–water partition coefficient (Wildman–Crippen LogP) is -0.904. The van der Waals surface area contributed by atoms with Crippen molar-refractivity contribution in [3.63, 3.8) is 0 Å². The molecule has 0 unspecified atom stereocenters. The lowest BCUT2D eigenvalue weighted by Crippen LogP contribution is -2.13. The van der Waals surface area contributed by atoms with Gasteiger partial charge in [-0.2, -0.15) is 0 Å². The number of halogens is 1. The summed E-state index contributed by atoms with van der Waals surface area (Å²) in [4.78, 5) is 18.7. The van der Waals surface area contributed by atoms with Gasteiger partial charge in [0, 0.05) is 0 Å². The predicted molar refractivity (Wildman–Crippen MR) is 18.3 cm³/mol. The van der Waals surface area contributed by atoms with Crippen LogP contribution in [0.1, 0.15) is 0 Å². The molecule has 0 aromatic rings. The Hall–Kier alpha value is 0.440. The zero-order valence-electron chi connectivity index (χ0n) is 2.76. The van der Waals surface area contributed by atoms with E-state index < -0.39 is 13.2 Å². The van der Waals surface area contributed by atoms with Crippen LogP contribution in [0.15, 0.2) is 0 Å². The van der Waals surface area contributed by atoms with E-state index >= 15 is 0 Å². The van der Waals surface area contributed by atoms with Gasteiger partial charge in [-0.05, 0) is 0 Å². The molecule has 0 heterocycles. The van der Waals surface area contributed by atoms with Gasteiger partial charge in [0.15, 0.2) is 0 Å². The van der Waals surface area contributed by atoms with E-state index in [0.717, 1.165) is 0 Å². The molecule has 0 fully saturated rings. The molecule has 0 rings (SSSR count). The Morgan fingerprint density at radius 1 is 1.67 bits per heavy atom. The normalized spacial score (nSPS) is 11.8. The Morgan fingerprint density at radius 3 is 1.83 bits per heavy atom. The first-order valence-electron chi connectivity index (χ1n) is 1.13. The smallest absolute Gasteiger partial charge is 0.0500 e. The maximum absolute atomic E-state index is 9.34. The first-order valence-corrected chi connectivity index (χ1v) is 3.39. The van der Waals surface area contributed by atoms with Gasteiger partial charge in [-0.3, -0.25) is 0 Å². The molecule has 0 bridgehead atoms. The van der Waals surface area contributed by atoms with E-state index in [1.165, 1.54) is 0 Å². The van der Waals surface area contributed by atoms with Crippen LogP contribution >= 0.6 is 19.2 Å². The van der Waals surface area contributed by atoms with Crippen LogP contribution in [0.4, 0.5) is 0 Å². The van der Waals surface area contributed by atoms with E-state index in [0.29, 0.717) is 0 Å². The van der Waals surface area contributed by atoms with Crippen molar-refractivity contribution in [3.8, 4) is 0 Å². The van der Waals surface area contributed by atoms with Crippen molar-refractivity contribution in [2.24, 2.45) is 0 Å². The van der Waals surface area contributed by atoms with Crippen molar-refractivity contribution in [2.45, 2.75) is 0 Å². The van der Waals surface area contributed by atoms with E-state index in [4.69, 9.17) is 0 Å². The van der Waals surface area contributed by atoms with E-state index in [-0.39, 0.29) is 0 Å². The number of hydrogen-bond donors (Lipinski definition) is 0. The lowest BCUT2D eigenvalue weighted by atomic mass is 11.9. The van der Waals surface area contributed by atoms with Gasteiger partial charge in [0.2, 0.25) is 0 Å². The highest BCUT2D eigenvalue weighted by molar-refractivity contribution is 7.50. The first-order chi connectivity index (χ1) is 2.56. The molecule has 6 heavy (non-hydrogen) atoms. The highest BCUT2D eigenvalue weighted by Gasteiger charge is 1.78. The average Bonchev–Trinajstić information content (AvgIpc) is 1.35. The van der Waals surface area contributed by atoms with Crippen LogP contribution < -0.4 is 9.79 Å². The van der Waals surface area contributed by atoms with Gasteiger partial charge in [-0.1, -0.05) is 7.60 Å². The minimum atomic E-state index is -4.38. The Labute approximate surface area is 40.1 Å². The second kappa shape index (κ2) is 1.94. The molecule has 0 N–H and O–H groups in total. The summed E-state index contributed by atoms with van der Waals surface area (Å²) in [5.41, 5.74) is -0.812. The SMILES string of the molecule is O=P([O-])([O-])CCl. The van der Waals surface area contributed by atoms with Crippen molar-refractivity contribution in [2.75, 3.05) is 5.62 Å². The minimum Gasteiger partial charge on any atom is -0.810 e. The quantitative estimate of drug-likeness (QED) is 0.339. The molecule has 0 saturated carbocycles. The van der Waals surface area contributed by atoms with Gasteiger partial charge < -0.3 is 14.4 Å². The molecule has 0 aromatic carbocycles. The van der Waals surface area contributed by atoms with Crippen LogP contribution in [0.3, 0.4) is 0 Å². The van der Waals surface area contributed by atoms with Gasteiger partial charge in [0.25, 0.3) is 0 Å². The fraction of sp³-hybridized carbons (Fsp3) is 1.00. The van der Waals surface area contributed by atoms with Gasteiger partial charge in [0.05, 0.1) is 5.62 Å². The van der Waals surface area contributed by atoms with Crippen LogP contribution in [0.5, 0.6) is 0 Å². The van der Waals surface area contributed by atoms with Gasteiger partial charge >= 0.3 is 0 Å². The molecule has 0 saturated heterocycles. The molecule has 0 amide bonds. The third-order valence-electron chi connectivity index (χ3n) is 0.146. The summed E-state index contributed by atoms with van der Waals surface area (Å²) in [7, 11) is -4.38. The van der Waals surface area contributed by atoms with Crippen LogP contribution in [0.25, 0.3) is 0 Å². The Morgan fingerprint density at radius 2 is 1.83 bits per heavy atom. The Bertz CT molecular complexity index is 74.9. The van der Waals surface area contributed by atoms with E-state index in [1.54, 1.807) is 0 Å². The highest BCUT2D eigenvalue weighted by atomic mass is 35.5. The fourth-order valence-electron chi connectivity index (χ4n) is 0. The van der Waals surface area contributed by atoms with Gasteiger partial charge in [0.1, 0.15) is 0 Å². The number of rotatable bonds is 1. The summed E-state index contributed by atoms with van der Waals surface area (Å²) in [6.07, 6.45) is 0. The molecule has 0 aliphatic heterocycles. The maximum atomic E-state index is 9.34. The zero-order chi connectivity index (χ0) is 5.21. The largest absolute Gasteiger partial charge is 0.810 e. The van der Waals surface area contributed by atoms with Crippen LogP contribution in [0, 0.1) is 0 Å². The minimum absolute atomic E-state index is 0.812. The summed E-state index contributed by atoms with van der Waals surface area (Å²) >= 11 is 4.59. The molecule has 0 radical (unpaired) electrons. The molecular weight excluding hydrogens is 126 g/mol. The molecule has 38 valence electrons. The zero-order valence-corrected chi connectivity index (χ0v) is 4.41. The molecule has 0 atom stereocenters. The summed E-state index contributed by atoms with van der Waals surface area (Å²) in [6, 6.07) is 0. The number of hydrogen-bond acceptors (Lipinski definition) is 3. The van der Waals surface area contributed by atoms with Crippen molar-refractivity contribution in [3.05, 3.63) is 0 Å². The van der Waals surface area contributed by atoms with Gasteiger partial charge in [-0.15, -0.1) is 11.6 Å². The van der Waals surface area contributed by atoms with E-state index in [1.807, 2.05) is 0 Å². The lowest BCUT2D eigenvalue weighted by molar-refractivity contribution is -0.312. The molecule has 0 aliphatic rings. The molecule has 3 nitrogen and oxygen atoms in total. The summed E-state index contributed by atoms with van der Waals surface area (Å²) < 4.78 is 9.34. The lowest BCUT2D eigenvalue weighted by Gasteiger charge is -2.25. The molecule has 0 spiro atoms. The molecule has 0 aromatic heterocycles. The topological polar surface area (TPSA) is 63.2 Å². The third-order valence-corrected chi connectivity index (χ3v) is 1.32. The Kier molecular flexibility index (Phi) is 2.08. The van der Waals surface area contributed by atoms with Crippen molar-refractivity contribution in [1.82, 2.24) is 0 Å². The van der Waals surface area contributed by atoms with E-state index in [9.17, 15) is 14.4 Å². The monoisotopic (exact) mass is 128 g/mol. The number of alkyl halides is 1. The van der Waals surface area contributed by atoms with Crippen molar-refractivity contribution in [1.29, 1.82) is 0 Å². The molecular formula is CH2ClO3P-2. The maximum Gasteiger partial charge on any atom is 0.0500 e. The van der Waals surface area contributed by atoms with Crippen LogP contribution in [-0.4, -0.2) is 5.62 Å². The molecule has 5 heteroatoms. The Balaban J connectivity index is 3.48. The van der Waals surface area contributed by atoms with Gasteiger partial charge in [-0.25, -0.2) is 0 Å². The van der Waals surface area contributed by atoms with E-state index in [2.05, 4.69) is 11.6 Å². The first kappa shape index (κ1) is 6.44. The average molecular weight is 128 g/mol. The highest BCUT2D eigenvalue weighted by Crippen LogP contribution is 2.23. The van der Waals surface area contributed by atoms with Crippen molar-refractivity contribution < 1.29 is 14.4 Å². The standard InChI is InChI=1S/CH4ClO3P/c2-1-6(3,4)5/h1H2,(H2,3,4,5)/p-2. The third kappa shape index (κ3) is 4.44. The van der Waals surface area contributed by atoms with Crippen LogP contribution in [-0.2, 0) is 4.57 Å². The fourth-order valence-corrected chi connectivity index (χ4v) is 0. The second-order valence-corrected chi connectivity index (χ2v) is 2.91. The summed E-state index contributed by atoms with van der Waals surface area (Å²) in [5.74, 6) is 0.